The highest BCUT2D eigenvalue weighted by Crippen LogP contribution is 2.34. The van der Waals surface area contributed by atoms with Crippen molar-refractivity contribution in [2.45, 2.75) is 26.7 Å². The van der Waals surface area contributed by atoms with E-state index >= 15 is 0 Å². The highest BCUT2D eigenvalue weighted by atomic mass is 16.5. The van der Waals surface area contributed by atoms with Gasteiger partial charge in [0.2, 0.25) is 0 Å². The first-order valence-corrected chi connectivity index (χ1v) is 6.44. The molecule has 98 valence electrons. The molecule has 2 aromatic rings. The van der Waals surface area contributed by atoms with Gasteiger partial charge in [-0.2, -0.15) is 0 Å². The number of nitrogens with two attached hydrogens (primary N) is 1. The van der Waals surface area contributed by atoms with Gasteiger partial charge >= 0.3 is 0 Å². The van der Waals surface area contributed by atoms with E-state index in [0.717, 1.165) is 11.3 Å². The van der Waals surface area contributed by atoms with Gasteiger partial charge in [0.15, 0.2) is 0 Å². The average molecular weight is 246 g/mol. The lowest BCUT2D eigenvalue weighted by Crippen LogP contribution is -2.17. The van der Waals surface area contributed by atoms with Crippen LogP contribution in [0.15, 0.2) is 18.3 Å². The van der Waals surface area contributed by atoms with Crippen molar-refractivity contribution in [1.82, 2.24) is 4.98 Å². The van der Waals surface area contributed by atoms with Crippen LogP contribution in [-0.2, 0) is 0 Å². The maximum absolute atomic E-state index is 5.92. The van der Waals surface area contributed by atoms with E-state index in [1.54, 1.807) is 7.11 Å². The van der Waals surface area contributed by atoms with Crippen LogP contribution in [0.3, 0.4) is 0 Å². The normalized spacial score (nSPS) is 13.2. The number of rotatable bonds is 4. The SMILES string of the molecule is COc1cc(C)cc2c(C(CN)C(C)C)c[nH]c12. The first-order chi connectivity index (χ1) is 8.58. The molecule has 3 heteroatoms. The minimum absolute atomic E-state index is 0.380. The van der Waals surface area contributed by atoms with Gasteiger partial charge in [0.1, 0.15) is 5.75 Å². The van der Waals surface area contributed by atoms with Crippen LogP contribution >= 0.6 is 0 Å². The predicted octanol–water partition coefficient (Wildman–Crippen LogP) is 3.18. The summed E-state index contributed by atoms with van der Waals surface area (Å²) in [7, 11) is 1.71. The molecule has 0 amide bonds. The van der Waals surface area contributed by atoms with E-state index in [2.05, 4.69) is 44.1 Å². The van der Waals surface area contributed by atoms with Gasteiger partial charge in [-0.15, -0.1) is 0 Å². The van der Waals surface area contributed by atoms with Crippen LogP contribution in [0, 0.1) is 12.8 Å². The molecule has 0 aliphatic carbocycles. The lowest BCUT2D eigenvalue weighted by molar-refractivity contribution is 0.418. The van der Waals surface area contributed by atoms with Crippen molar-refractivity contribution in [1.29, 1.82) is 0 Å². The predicted molar refractivity (Wildman–Crippen MR) is 76.2 cm³/mol. The number of methoxy groups -OCH3 is 1. The van der Waals surface area contributed by atoms with Crippen molar-refractivity contribution in [3.05, 3.63) is 29.5 Å². The maximum Gasteiger partial charge on any atom is 0.143 e. The van der Waals surface area contributed by atoms with Crippen molar-refractivity contribution < 1.29 is 4.74 Å². The number of aromatic amines is 1. The minimum Gasteiger partial charge on any atom is -0.495 e. The number of fused-ring (bicyclic) bond motifs is 1. The molecule has 0 saturated heterocycles. The zero-order chi connectivity index (χ0) is 13.3. The van der Waals surface area contributed by atoms with Crippen molar-refractivity contribution in [3.63, 3.8) is 0 Å². The van der Waals surface area contributed by atoms with Crippen LogP contribution in [0.4, 0.5) is 0 Å². The van der Waals surface area contributed by atoms with Gasteiger partial charge < -0.3 is 15.5 Å². The number of ether oxygens (including phenoxy) is 1. The van der Waals surface area contributed by atoms with E-state index < -0.39 is 0 Å². The summed E-state index contributed by atoms with van der Waals surface area (Å²) < 4.78 is 5.43. The third-order valence-corrected chi connectivity index (χ3v) is 3.61. The van der Waals surface area contributed by atoms with Gasteiger partial charge in [0, 0.05) is 17.5 Å². The van der Waals surface area contributed by atoms with Gasteiger partial charge in [0.05, 0.1) is 12.6 Å². The van der Waals surface area contributed by atoms with Crippen LogP contribution in [0.25, 0.3) is 10.9 Å². The molecular formula is C15H22N2O. The van der Waals surface area contributed by atoms with E-state index in [1.807, 2.05) is 0 Å². The molecule has 1 aromatic heterocycles. The molecule has 1 aromatic carbocycles. The van der Waals surface area contributed by atoms with Crippen LogP contribution in [0.1, 0.15) is 30.9 Å². The molecule has 0 fully saturated rings. The Labute approximate surface area is 108 Å². The summed E-state index contributed by atoms with van der Waals surface area (Å²) in [5.41, 5.74) is 9.49. The van der Waals surface area contributed by atoms with E-state index in [1.165, 1.54) is 16.5 Å². The minimum atomic E-state index is 0.380. The molecule has 1 atom stereocenters. The largest absolute Gasteiger partial charge is 0.495 e. The molecule has 0 bridgehead atoms. The second-order valence-electron chi connectivity index (χ2n) is 5.22. The fourth-order valence-electron chi connectivity index (χ4n) is 2.58. The van der Waals surface area contributed by atoms with Crippen LogP contribution in [-0.4, -0.2) is 18.6 Å². The molecule has 0 spiro atoms. The highest BCUT2D eigenvalue weighted by Gasteiger charge is 2.19. The Morgan fingerprint density at radius 2 is 2.06 bits per heavy atom. The monoisotopic (exact) mass is 246 g/mol. The molecule has 0 radical (unpaired) electrons. The highest BCUT2D eigenvalue weighted by molar-refractivity contribution is 5.89. The molecular weight excluding hydrogens is 224 g/mol. The summed E-state index contributed by atoms with van der Waals surface area (Å²) in [4.78, 5) is 3.32. The molecule has 0 aliphatic rings. The second kappa shape index (κ2) is 5.02. The fraction of sp³-hybridized carbons (Fsp3) is 0.467. The quantitative estimate of drug-likeness (QED) is 0.870. The molecule has 18 heavy (non-hydrogen) atoms. The summed E-state index contributed by atoms with van der Waals surface area (Å²) in [5, 5.41) is 1.23. The van der Waals surface area contributed by atoms with Gasteiger partial charge in [-0.1, -0.05) is 13.8 Å². The summed E-state index contributed by atoms with van der Waals surface area (Å²) in [6.07, 6.45) is 2.07. The van der Waals surface area contributed by atoms with Crippen LogP contribution in [0.5, 0.6) is 5.75 Å². The smallest absolute Gasteiger partial charge is 0.143 e. The van der Waals surface area contributed by atoms with Crippen molar-refractivity contribution in [2.75, 3.05) is 13.7 Å². The fourth-order valence-corrected chi connectivity index (χ4v) is 2.58. The molecule has 3 nitrogen and oxygen atoms in total. The van der Waals surface area contributed by atoms with Gasteiger partial charge in [0.25, 0.3) is 0 Å². The van der Waals surface area contributed by atoms with Gasteiger partial charge in [-0.25, -0.2) is 0 Å². The van der Waals surface area contributed by atoms with E-state index in [-0.39, 0.29) is 0 Å². The Bertz CT molecular complexity index is 543. The number of aryl methyl sites for hydroxylation is 1. The number of H-pyrrole nitrogens is 1. The Morgan fingerprint density at radius 3 is 2.61 bits per heavy atom. The van der Waals surface area contributed by atoms with Crippen molar-refractivity contribution in [2.24, 2.45) is 11.7 Å². The maximum atomic E-state index is 5.92. The lowest BCUT2D eigenvalue weighted by atomic mass is 9.88. The molecule has 0 aliphatic heterocycles. The Morgan fingerprint density at radius 1 is 1.33 bits per heavy atom. The summed E-state index contributed by atoms with van der Waals surface area (Å²) in [6.45, 7) is 7.18. The molecule has 3 N–H and O–H groups in total. The first-order valence-electron chi connectivity index (χ1n) is 6.44. The van der Waals surface area contributed by atoms with E-state index in [0.29, 0.717) is 18.4 Å². The molecule has 2 rings (SSSR count). The number of aromatic nitrogens is 1. The number of hydrogen-bond donors (Lipinski definition) is 2. The van der Waals surface area contributed by atoms with Crippen LogP contribution in [0.2, 0.25) is 0 Å². The third kappa shape index (κ3) is 2.10. The van der Waals surface area contributed by atoms with Gasteiger partial charge in [-0.05, 0) is 42.6 Å². The third-order valence-electron chi connectivity index (χ3n) is 3.61. The van der Waals surface area contributed by atoms with Crippen molar-refractivity contribution >= 4 is 10.9 Å². The summed E-state index contributed by atoms with van der Waals surface area (Å²) in [5.74, 6) is 1.81. The number of nitrogens with one attached hydrogen (secondary N) is 1. The molecule has 1 heterocycles. The zero-order valence-electron chi connectivity index (χ0n) is 11.6. The van der Waals surface area contributed by atoms with Crippen LogP contribution < -0.4 is 10.5 Å². The summed E-state index contributed by atoms with van der Waals surface area (Å²) in [6, 6.07) is 4.25. The molecule has 0 saturated carbocycles. The van der Waals surface area contributed by atoms with Crippen molar-refractivity contribution in [3.8, 4) is 5.75 Å². The standard InChI is InChI=1S/C15H22N2O/c1-9(2)12(7-16)13-8-17-15-11(13)5-10(3)6-14(15)18-4/h5-6,8-9,12,17H,7,16H2,1-4H3. The Hall–Kier alpha value is -1.48. The summed E-state index contributed by atoms with van der Waals surface area (Å²) >= 11 is 0. The zero-order valence-corrected chi connectivity index (χ0v) is 11.6. The second-order valence-corrected chi connectivity index (χ2v) is 5.22. The van der Waals surface area contributed by atoms with Gasteiger partial charge in [-0.3, -0.25) is 0 Å². The van der Waals surface area contributed by atoms with E-state index in [9.17, 15) is 0 Å². The number of hydrogen-bond acceptors (Lipinski definition) is 2. The molecule has 1 unspecified atom stereocenters. The lowest BCUT2D eigenvalue weighted by Gasteiger charge is -2.18. The first kappa shape index (κ1) is 13.0. The Balaban J connectivity index is 2.63. The number of benzene rings is 1. The van der Waals surface area contributed by atoms with E-state index in [4.69, 9.17) is 10.5 Å². The average Bonchev–Trinajstić information content (AvgIpc) is 2.72. The Kier molecular flexibility index (Phi) is 3.62. The topological polar surface area (TPSA) is 51.0 Å².